The monoisotopic (exact) mass is 1080 g/mol. The maximum Gasteiger partial charge on any atom is 0.142 e. The van der Waals surface area contributed by atoms with Crippen LogP contribution < -0.4 is 0 Å². The molecule has 0 aliphatic carbocycles. The van der Waals surface area contributed by atoms with Crippen molar-refractivity contribution in [1.29, 1.82) is 0 Å². The molecule has 0 bridgehead atoms. The Balaban J connectivity index is 0.00000547. The molecule has 2 aromatic heterocycles. The SMILES string of the molecule is [Ir].[c-]1ccc(-c2nc(-c3cccc(-c4cc(-c5ccccc5)cc(-c5ccccc5)c4)c3)cc(-c3cccc(-c4cc(-c5ccccc5)cc(-c5ccccc5)c4)c3)n2)cc1-c1nccc2ccccc12. The van der Waals surface area contributed by atoms with Crippen LogP contribution in [0.5, 0.6) is 0 Å². The molecule has 0 amide bonds. The zero-order chi connectivity index (χ0) is 46.6. The molecule has 0 saturated carbocycles. The summed E-state index contributed by atoms with van der Waals surface area (Å²) in [6.07, 6.45) is 1.87. The molecule has 3 nitrogen and oxygen atoms in total. The predicted octanol–water partition coefficient (Wildman–Crippen LogP) is 17.5. The Morgan fingerprint density at radius 1 is 0.282 bits per heavy atom. The molecule has 0 fully saturated rings. The van der Waals surface area contributed by atoms with Crippen molar-refractivity contribution in [2.45, 2.75) is 0 Å². The van der Waals surface area contributed by atoms with Crippen molar-refractivity contribution in [1.82, 2.24) is 15.0 Å². The summed E-state index contributed by atoms with van der Waals surface area (Å²) in [6.45, 7) is 0. The zero-order valence-corrected chi connectivity index (χ0v) is 41.0. The summed E-state index contributed by atoms with van der Waals surface area (Å²) in [6, 6.07) is 95.8. The number of fused-ring (bicyclic) bond motifs is 1. The number of rotatable bonds is 10. The molecule has 0 saturated heterocycles. The summed E-state index contributed by atoms with van der Waals surface area (Å²) in [7, 11) is 0. The second-order valence-electron chi connectivity index (χ2n) is 17.6. The summed E-state index contributed by atoms with van der Waals surface area (Å²) >= 11 is 0. The van der Waals surface area contributed by atoms with Gasteiger partial charge in [0.1, 0.15) is 5.82 Å². The molecule has 71 heavy (non-hydrogen) atoms. The van der Waals surface area contributed by atoms with E-state index in [1.807, 2.05) is 24.4 Å². The fraction of sp³-hybridized carbons (Fsp3) is 0. The molecular formula is C67H44IrN3-. The van der Waals surface area contributed by atoms with E-state index < -0.39 is 0 Å². The van der Waals surface area contributed by atoms with Gasteiger partial charge in [0.2, 0.25) is 0 Å². The minimum atomic E-state index is 0. The van der Waals surface area contributed by atoms with Crippen LogP contribution in [-0.2, 0) is 20.1 Å². The van der Waals surface area contributed by atoms with Crippen molar-refractivity contribution >= 4 is 10.8 Å². The molecular weight excluding hydrogens is 1040 g/mol. The third kappa shape index (κ3) is 9.56. The second-order valence-corrected chi connectivity index (χ2v) is 17.6. The van der Waals surface area contributed by atoms with Gasteiger partial charge in [-0.2, -0.15) is 0 Å². The summed E-state index contributed by atoms with van der Waals surface area (Å²) in [5.41, 5.74) is 20.1. The topological polar surface area (TPSA) is 38.7 Å². The molecule has 12 rings (SSSR count). The molecule has 0 unspecified atom stereocenters. The normalized spacial score (nSPS) is 11.0. The van der Waals surface area contributed by atoms with Crippen LogP contribution in [-0.4, -0.2) is 15.0 Å². The molecule has 0 aliphatic rings. The van der Waals surface area contributed by atoms with E-state index in [1.165, 1.54) is 22.3 Å². The van der Waals surface area contributed by atoms with Crippen LogP contribution in [0.1, 0.15) is 0 Å². The van der Waals surface area contributed by atoms with E-state index in [-0.39, 0.29) is 20.1 Å². The molecule has 0 atom stereocenters. The fourth-order valence-corrected chi connectivity index (χ4v) is 9.44. The van der Waals surface area contributed by atoms with Gasteiger partial charge in [-0.3, -0.25) is 0 Å². The summed E-state index contributed by atoms with van der Waals surface area (Å²) < 4.78 is 0. The molecule has 0 aliphatic heterocycles. The Kier molecular flexibility index (Phi) is 12.7. The minimum absolute atomic E-state index is 0. The van der Waals surface area contributed by atoms with Gasteiger partial charge in [0.15, 0.2) is 0 Å². The van der Waals surface area contributed by atoms with Gasteiger partial charge in [-0.1, -0.05) is 188 Å². The van der Waals surface area contributed by atoms with Crippen LogP contribution in [0, 0.1) is 6.07 Å². The first-order valence-electron chi connectivity index (χ1n) is 23.6. The molecule has 1 radical (unpaired) electrons. The fourth-order valence-electron chi connectivity index (χ4n) is 9.44. The van der Waals surface area contributed by atoms with Crippen molar-refractivity contribution in [2.75, 3.05) is 0 Å². The summed E-state index contributed by atoms with van der Waals surface area (Å²) in [5.74, 6) is 0.619. The number of benzene rings is 10. The van der Waals surface area contributed by atoms with Crippen molar-refractivity contribution in [3.05, 3.63) is 273 Å². The van der Waals surface area contributed by atoms with E-state index in [0.717, 1.165) is 94.6 Å². The average Bonchev–Trinajstić information content (AvgIpc) is 3.45. The Hall–Kier alpha value is -8.66. The number of hydrogen-bond donors (Lipinski definition) is 0. The van der Waals surface area contributed by atoms with Crippen LogP contribution in [0.3, 0.4) is 0 Å². The third-order valence-corrected chi connectivity index (χ3v) is 13.0. The minimum Gasteiger partial charge on any atom is -0.304 e. The number of pyridine rings is 1. The Labute approximate surface area is 428 Å². The number of hydrogen-bond acceptors (Lipinski definition) is 3. The van der Waals surface area contributed by atoms with Gasteiger partial charge < -0.3 is 4.98 Å². The van der Waals surface area contributed by atoms with E-state index in [9.17, 15) is 0 Å². The van der Waals surface area contributed by atoms with E-state index in [1.54, 1.807) is 0 Å². The van der Waals surface area contributed by atoms with Gasteiger partial charge in [-0.05, 0) is 144 Å². The molecule has 2 heterocycles. The van der Waals surface area contributed by atoms with Gasteiger partial charge in [0.25, 0.3) is 0 Å². The second kappa shape index (κ2) is 20.1. The van der Waals surface area contributed by atoms with E-state index in [0.29, 0.717) is 5.82 Å². The van der Waals surface area contributed by atoms with Crippen molar-refractivity contribution in [2.24, 2.45) is 0 Å². The van der Waals surface area contributed by atoms with Crippen LogP contribution in [0.2, 0.25) is 0 Å². The van der Waals surface area contributed by atoms with Crippen LogP contribution >= 0.6 is 0 Å². The maximum absolute atomic E-state index is 5.39. The number of aromatic nitrogens is 3. The van der Waals surface area contributed by atoms with Crippen molar-refractivity contribution in [3.8, 4) is 112 Å². The third-order valence-electron chi connectivity index (χ3n) is 13.0. The number of nitrogens with zero attached hydrogens (tertiary/aromatic N) is 3. The standard InChI is InChI=1S/C67H44N3.Ir/c1-5-18-46(19-6-1)57-39-58(47-20-7-2-8-21-47)42-61(41-57)51-27-15-29-53(36-51)64-45-65(70-67(69-64)56-32-17-31-55(38-56)66-63-33-14-13-26-50(63)34-35-68-66)54-30-16-28-52(37-54)62-43-59(48-22-9-3-10-23-48)40-60(44-62)49-24-11-4-12-25-49;/h1-30,32-45H;/q-1;. The Morgan fingerprint density at radius 2 is 0.662 bits per heavy atom. The summed E-state index contributed by atoms with van der Waals surface area (Å²) in [4.78, 5) is 15.6. The molecule has 0 spiro atoms. The molecule has 10 aromatic carbocycles. The zero-order valence-electron chi connectivity index (χ0n) is 38.6. The summed E-state index contributed by atoms with van der Waals surface area (Å²) in [5, 5.41) is 2.20. The molecule has 4 heteroatoms. The first-order chi connectivity index (χ1) is 34.6. The van der Waals surface area contributed by atoms with E-state index >= 15 is 0 Å². The maximum atomic E-state index is 5.39. The van der Waals surface area contributed by atoms with Crippen molar-refractivity contribution in [3.63, 3.8) is 0 Å². The van der Waals surface area contributed by atoms with Gasteiger partial charge in [-0.15, -0.1) is 29.8 Å². The Morgan fingerprint density at radius 3 is 1.13 bits per heavy atom. The smallest absolute Gasteiger partial charge is 0.142 e. The first-order valence-corrected chi connectivity index (χ1v) is 23.6. The predicted molar refractivity (Wildman–Crippen MR) is 291 cm³/mol. The van der Waals surface area contributed by atoms with Crippen LogP contribution in [0.4, 0.5) is 0 Å². The molecule has 0 N–H and O–H groups in total. The van der Waals surface area contributed by atoms with Gasteiger partial charge in [0.05, 0.1) is 11.4 Å². The van der Waals surface area contributed by atoms with Gasteiger partial charge >= 0.3 is 0 Å². The van der Waals surface area contributed by atoms with Crippen LogP contribution in [0.15, 0.2) is 267 Å². The van der Waals surface area contributed by atoms with E-state index in [2.05, 4.69) is 249 Å². The molecule has 12 aromatic rings. The van der Waals surface area contributed by atoms with E-state index in [4.69, 9.17) is 15.0 Å². The van der Waals surface area contributed by atoms with Crippen LogP contribution in [0.25, 0.3) is 123 Å². The van der Waals surface area contributed by atoms with Crippen molar-refractivity contribution < 1.29 is 20.1 Å². The quantitative estimate of drug-likeness (QED) is 0.128. The first kappa shape index (κ1) is 44.8. The largest absolute Gasteiger partial charge is 0.304 e. The molecule has 337 valence electrons. The Bertz CT molecular complexity index is 3510. The van der Waals surface area contributed by atoms with Gasteiger partial charge in [-0.25, -0.2) is 9.97 Å². The average molecular weight is 1080 g/mol. The van der Waals surface area contributed by atoms with Gasteiger partial charge in [0, 0.05) is 37.4 Å².